The Morgan fingerprint density at radius 3 is 3.21 bits per heavy atom. The molecule has 0 atom stereocenters. The van der Waals surface area contributed by atoms with E-state index in [1.54, 1.807) is 6.20 Å². The van der Waals surface area contributed by atoms with Crippen molar-refractivity contribution in [2.45, 2.75) is 32.6 Å². The Balaban J connectivity index is 1.63. The molecule has 2 N–H and O–H groups in total. The lowest BCUT2D eigenvalue weighted by Crippen LogP contribution is -2.18. The molecule has 0 aliphatic carbocycles. The molecular weight excluding hydrogens is 240 g/mol. The van der Waals surface area contributed by atoms with E-state index in [9.17, 15) is 0 Å². The molecule has 2 aromatic rings. The second-order valence-corrected chi connectivity index (χ2v) is 5.09. The highest BCUT2D eigenvalue weighted by molar-refractivity contribution is 5.11. The van der Waals surface area contributed by atoms with Gasteiger partial charge in [0.05, 0.1) is 17.9 Å². The van der Waals surface area contributed by atoms with E-state index in [-0.39, 0.29) is 0 Å². The molecule has 0 bridgehead atoms. The van der Waals surface area contributed by atoms with Crippen molar-refractivity contribution in [1.29, 1.82) is 0 Å². The lowest BCUT2D eigenvalue weighted by molar-refractivity contribution is 0.306. The van der Waals surface area contributed by atoms with Crippen LogP contribution in [0.1, 0.15) is 23.6 Å². The molecule has 1 aliphatic heterocycles. The molecule has 0 aromatic carbocycles. The topological polar surface area (TPSA) is 61.8 Å². The van der Waals surface area contributed by atoms with Crippen molar-refractivity contribution in [3.63, 3.8) is 0 Å². The third-order valence-corrected chi connectivity index (χ3v) is 3.35. The molecule has 3 rings (SSSR count). The Bertz CT molecular complexity index is 492. The fourth-order valence-electron chi connectivity index (χ4n) is 2.47. The van der Waals surface area contributed by atoms with Gasteiger partial charge in [0.2, 0.25) is 0 Å². The van der Waals surface area contributed by atoms with E-state index in [0.717, 1.165) is 50.7 Å². The van der Waals surface area contributed by atoms with Crippen LogP contribution >= 0.6 is 0 Å². The highest BCUT2D eigenvalue weighted by Gasteiger charge is 2.12. The molecule has 6 heteroatoms. The molecule has 0 unspecified atom stereocenters. The van der Waals surface area contributed by atoms with E-state index in [0.29, 0.717) is 0 Å². The average molecular weight is 260 g/mol. The monoisotopic (exact) mass is 260 g/mol. The van der Waals surface area contributed by atoms with E-state index in [2.05, 4.69) is 43.1 Å². The second kappa shape index (κ2) is 5.54. The van der Waals surface area contributed by atoms with Gasteiger partial charge in [0.25, 0.3) is 0 Å². The summed E-state index contributed by atoms with van der Waals surface area (Å²) in [5, 5.41) is 8.10. The van der Waals surface area contributed by atoms with Gasteiger partial charge in [0.15, 0.2) is 0 Å². The largest absolute Gasteiger partial charge is 0.348 e. The molecule has 6 nitrogen and oxygen atoms in total. The zero-order valence-corrected chi connectivity index (χ0v) is 11.3. The van der Waals surface area contributed by atoms with Gasteiger partial charge in [-0.05, 0) is 26.1 Å². The first kappa shape index (κ1) is 12.4. The van der Waals surface area contributed by atoms with E-state index in [1.165, 1.54) is 5.69 Å². The molecule has 19 heavy (non-hydrogen) atoms. The number of nitrogens with zero attached hydrogens (tertiary/aromatic N) is 4. The number of hydrogen-bond donors (Lipinski definition) is 2. The van der Waals surface area contributed by atoms with E-state index in [1.807, 2.05) is 6.20 Å². The van der Waals surface area contributed by atoms with E-state index >= 15 is 0 Å². The van der Waals surface area contributed by atoms with Crippen LogP contribution in [0.15, 0.2) is 18.5 Å². The van der Waals surface area contributed by atoms with Gasteiger partial charge in [-0.15, -0.1) is 0 Å². The normalized spacial score (nSPS) is 15.5. The molecule has 0 radical (unpaired) electrons. The summed E-state index contributed by atoms with van der Waals surface area (Å²) < 4.78 is 2.13. The summed E-state index contributed by atoms with van der Waals surface area (Å²) in [6.45, 7) is 4.68. The van der Waals surface area contributed by atoms with Crippen molar-refractivity contribution < 1.29 is 0 Å². The third kappa shape index (κ3) is 3.02. The summed E-state index contributed by atoms with van der Waals surface area (Å²) in [4.78, 5) is 9.58. The molecule has 2 aromatic heterocycles. The lowest BCUT2D eigenvalue weighted by atomic mass is 10.3. The summed E-state index contributed by atoms with van der Waals surface area (Å²) >= 11 is 0. The Morgan fingerprint density at radius 2 is 2.37 bits per heavy atom. The second-order valence-electron chi connectivity index (χ2n) is 5.09. The van der Waals surface area contributed by atoms with Gasteiger partial charge in [-0.1, -0.05) is 0 Å². The first-order valence-corrected chi connectivity index (χ1v) is 6.74. The first-order chi connectivity index (χ1) is 9.31. The summed E-state index contributed by atoms with van der Waals surface area (Å²) in [5.74, 6) is 0.991. The number of imidazole rings is 1. The first-order valence-electron chi connectivity index (χ1n) is 6.74. The molecule has 0 spiro atoms. The number of aryl methyl sites for hydroxylation is 1. The van der Waals surface area contributed by atoms with E-state index < -0.39 is 0 Å². The fourth-order valence-corrected chi connectivity index (χ4v) is 2.47. The predicted molar refractivity (Wildman–Crippen MR) is 72.3 cm³/mol. The van der Waals surface area contributed by atoms with Crippen LogP contribution in [0.4, 0.5) is 0 Å². The van der Waals surface area contributed by atoms with Crippen molar-refractivity contribution in [3.05, 3.63) is 35.7 Å². The summed E-state index contributed by atoms with van der Waals surface area (Å²) in [6.07, 6.45) is 4.79. The lowest BCUT2D eigenvalue weighted by Gasteiger charge is -2.13. The Hall–Kier alpha value is -1.66. The van der Waals surface area contributed by atoms with Crippen molar-refractivity contribution in [2.75, 3.05) is 13.6 Å². The Kier molecular flexibility index (Phi) is 3.61. The maximum absolute atomic E-state index is 4.68. The molecule has 3 heterocycles. The van der Waals surface area contributed by atoms with Crippen LogP contribution in [0, 0.1) is 0 Å². The molecule has 0 amide bonds. The van der Waals surface area contributed by atoms with Crippen LogP contribution in [-0.2, 0) is 26.2 Å². The zero-order valence-electron chi connectivity index (χ0n) is 11.3. The fraction of sp³-hybridized carbons (Fsp3) is 0.538. The quantitative estimate of drug-likeness (QED) is 0.851. The van der Waals surface area contributed by atoms with Crippen LogP contribution in [0.25, 0.3) is 0 Å². The van der Waals surface area contributed by atoms with Crippen molar-refractivity contribution in [3.8, 4) is 0 Å². The minimum atomic E-state index is 0.813. The Labute approximate surface area is 112 Å². The highest BCUT2D eigenvalue weighted by Crippen LogP contribution is 2.10. The van der Waals surface area contributed by atoms with Crippen LogP contribution < -0.4 is 5.32 Å². The SMILES string of the molecule is CN(Cc1cc2n(n1)CCCNC2)Cc1ncc[nH]1. The molecule has 102 valence electrons. The number of fused-ring (bicyclic) bond motifs is 1. The number of hydrogen-bond acceptors (Lipinski definition) is 4. The number of nitrogens with one attached hydrogen (secondary N) is 2. The van der Waals surface area contributed by atoms with Crippen LogP contribution in [0.2, 0.25) is 0 Å². The highest BCUT2D eigenvalue weighted by atomic mass is 15.3. The predicted octanol–water partition coefficient (Wildman–Crippen LogP) is 0.731. The summed E-state index contributed by atoms with van der Waals surface area (Å²) in [6, 6.07) is 2.21. The van der Waals surface area contributed by atoms with E-state index in [4.69, 9.17) is 0 Å². The van der Waals surface area contributed by atoms with Crippen molar-refractivity contribution in [1.82, 2.24) is 30.0 Å². The molecule has 1 aliphatic rings. The maximum Gasteiger partial charge on any atom is 0.120 e. The maximum atomic E-state index is 4.68. The number of rotatable bonds is 4. The molecule has 0 saturated carbocycles. The van der Waals surface area contributed by atoms with Gasteiger partial charge in [0.1, 0.15) is 5.82 Å². The van der Waals surface area contributed by atoms with Crippen LogP contribution in [0.3, 0.4) is 0 Å². The summed E-state index contributed by atoms with van der Waals surface area (Å²) in [5.41, 5.74) is 2.42. The van der Waals surface area contributed by atoms with Crippen molar-refractivity contribution in [2.24, 2.45) is 0 Å². The number of aromatic nitrogens is 4. The van der Waals surface area contributed by atoms with Crippen LogP contribution in [-0.4, -0.2) is 38.2 Å². The third-order valence-electron chi connectivity index (χ3n) is 3.35. The van der Waals surface area contributed by atoms with Crippen molar-refractivity contribution >= 4 is 0 Å². The van der Waals surface area contributed by atoms with Gasteiger partial charge in [-0.25, -0.2) is 4.98 Å². The molecular formula is C13H20N6. The Morgan fingerprint density at radius 1 is 1.42 bits per heavy atom. The molecule has 0 saturated heterocycles. The van der Waals surface area contributed by atoms with Gasteiger partial charge in [0, 0.05) is 32.0 Å². The van der Waals surface area contributed by atoms with Crippen LogP contribution in [0.5, 0.6) is 0 Å². The van der Waals surface area contributed by atoms with Gasteiger partial charge in [-0.3, -0.25) is 9.58 Å². The molecule has 0 fully saturated rings. The zero-order chi connectivity index (χ0) is 13.1. The standard InChI is InChI=1S/C13H20N6/c1-18(10-13-15-4-5-16-13)9-11-7-12-8-14-3-2-6-19(12)17-11/h4-5,7,14H,2-3,6,8-10H2,1H3,(H,15,16). The smallest absolute Gasteiger partial charge is 0.120 e. The minimum Gasteiger partial charge on any atom is -0.348 e. The van der Waals surface area contributed by atoms with Gasteiger partial charge < -0.3 is 10.3 Å². The number of aromatic amines is 1. The average Bonchev–Trinajstić information content (AvgIpc) is 2.95. The van der Waals surface area contributed by atoms with Gasteiger partial charge in [-0.2, -0.15) is 5.10 Å². The van der Waals surface area contributed by atoms with Gasteiger partial charge >= 0.3 is 0 Å². The minimum absolute atomic E-state index is 0.813. The summed E-state index contributed by atoms with van der Waals surface area (Å²) in [7, 11) is 2.09. The number of H-pyrrole nitrogens is 1.